The fraction of sp³-hybridized carbons (Fsp3) is 0.310. The van der Waals surface area contributed by atoms with Crippen molar-refractivity contribution < 1.29 is 47.6 Å². The van der Waals surface area contributed by atoms with Crippen molar-refractivity contribution in [2.45, 2.75) is 13.8 Å². The first-order chi connectivity index (χ1) is 18.6. The number of allylic oxidation sites excluding steroid dienone is 2. The Hall–Kier alpha value is -4.60. The van der Waals surface area contributed by atoms with Gasteiger partial charge in [-0.2, -0.15) is 0 Å². The topological polar surface area (TPSA) is 124 Å². The SMILES string of the molecule is COc1ccc(/C=C/C(=O)C(COC(C)=O)(COC(C)=O)C(=O)/C=C/c2ccc(OC)c(OC)c2)cc1OC. The molecule has 10 nitrogen and oxygen atoms in total. The Labute approximate surface area is 227 Å². The van der Waals surface area contributed by atoms with Crippen LogP contribution in [0.25, 0.3) is 12.2 Å². The number of ketones is 2. The van der Waals surface area contributed by atoms with Gasteiger partial charge in [0.05, 0.1) is 28.4 Å². The van der Waals surface area contributed by atoms with Crippen LogP contribution in [-0.4, -0.2) is 65.2 Å². The van der Waals surface area contributed by atoms with Gasteiger partial charge < -0.3 is 28.4 Å². The molecule has 0 aliphatic heterocycles. The summed E-state index contributed by atoms with van der Waals surface area (Å²) in [6.07, 6.45) is 5.25. The van der Waals surface area contributed by atoms with E-state index in [9.17, 15) is 19.2 Å². The van der Waals surface area contributed by atoms with Crippen molar-refractivity contribution in [1.82, 2.24) is 0 Å². The maximum absolute atomic E-state index is 13.6. The summed E-state index contributed by atoms with van der Waals surface area (Å²) in [5.41, 5.74) is -0.886. The molecule has 0 saturated heterocycles. The predicted molar refractivity (Wildman–Crippen MR) is 143 cm³/mol. The lowest BCUT2D eigenvalue weighted by Gasteiger charge is -2.27. The van der Waals surface area contributed by atoms with E-state index in [0.29, 0.717) is 34.1 Å². The highest BCUT2D eigenvalue weighted by atomic mass is 16.5. The zero-order chi connectivity index (χ0) is 29.0. The molecule has 208 valence electrons. The van der Waals surface area contributed by atoms with Crippen LogP contribution in [0.4, 0.5) is 0 Å². The molecule has 0 radical (unpaired) electrons. The van der Waals surface area contributed by atoms with Crippen molar-refractivity contribution in [2.75, 3.05) is 41.7 Å². The molecule has 10 heteroatoms. The summed E-state index contributed by atoms with van der Waals surface area (Å²) in [6, 6.07) is 9.96. The largest absolute Gasteiger partial charge is 0.493 e. The number of carbonyl (C=O) groups excluding carboxylic acids is 4. The maximum Gasteiger partial charge on any atom is 0.302 e. The monoisotopic (exact) mass is 540 g/mol. The molecule has 0 aromatic heterocycles. The molecule has 39 heavy (non-hydrogen) atoms. The fourth-order valence-corrected chi connectivity index (χ4v) is 3.47. The van der Waals surface area contributed by atoms with E-state index >= 15 is 0 Å². The Morgan fingerprint density at radius 1 is 0.615 bits per heavy atom. The van der Waals surface area contributed by atoms with E-state index in [1.165, 1.54) is 40.6 Å². The summed E-state index contributed by atoms with van der Waals surface area (Å²) in [6.45, 7) is 1.01. The molecule has 2 aromatic carbocycles. The van der Waals surface area contributed by atoms with Crippen molar-refractivity contribution in [3.63, 3.8) is 0 Å². The summed E-state index contributed by atoms with van der Waals surface area (Å²) in [4.78, 5) is 50.4. The lowest BCUT2D eigenvalue weighted by molar-refractivity contribution is -0.157. The predicted octanol–water partition coefficient (Wildman–Crippen LogP) is 3.70. The molecule has 0 bridgehead atoms. The number of carbonyl (C=O) groups is 4. The summed E-state index contributed by atoms with van der Waals surface area (Å²) < 4.78 is 31.2. The highest BCUT2D eigenvalue weighted by molar-refractivity contribution is 6.18. The van der Waals surface area contributed by atoms with Crippen LogP contribution in [0.3, 0.4) is 0 Å². The first kappa shape index (κ1) is 30.6. The van der Waals surface area contributed by atoms with Crippen LogP contribution in [0, 0.1) is 5.41 Å². The quantitative estimate of drug-likeness (QED) is 0.199. The summed E-state index contributed by atoms with van der Waals surface area (Å²) in [5, 5.41) is 0. The normalized spacial score (nSPS) is 11.2. The van der Waals surface area contributed by atoms with E-state index in [1.54, 1.807) is 36.4 Å². The molecule has 0 aliphatic carbocycles. The smallest absolute Gasteiger partial charge is 0.302 e. The highest BCUT2D eigenvalue weighted by Gasteiger charge is 2.45. The Bertz CT molecular complexity index is 1160. The Kier molecular flexibility index (Phi) is 11.3. The van der Waals surface area contributed by atoms with E-state index in [0.717, 1.165) is 26.0 Å². The van der Waals surface area contributed by atoms with E-state index in [4.69, 9.17) is 28.4 Å². The van der Waals surface area contributed by atoms with E-state index in [2.05, 4.69) is 0 Å². The zero-order valence-corrected chi connectivity index (χ0v) is 22.8. The van der Waals surface area contributed by atoms with E-state index in [-0.39, 0.29) is 0 Å². The second-order valence-electron chi connectivity index (χ2n) is 8.27. The van der Waals surface area contributed by atoms with Crippen LogP contribution >= 0.6 is 0 Å². The molecule has 0 aliphatic rings. The van der Waals surface area contributed by atoms with Gasteiger partial charge in [-0.25, -0.2) is 0 Å². The first-order valence-corrected chi connectivity index (χ1v) is 11.8. The lowest BCUT2D eigenvalue weighted by Crippen LogP contribution is -2.46. The number of methoxy groups -OCH3 is 4. The summed E-state index contributed by atoms with van der Waals surface area (Å²) in [7, 11) is 5.94. The Morgan fingerprint density at radius 3 is 1.28 bits per heavy atom. The second-order valence-corrected chi connectivity index (χ2v) is 8.27. The molecule has 0 N–H and O–H groups in total. The molecule has 2 aromatic rings. The van der Waals surface area contributed by atoms with Gasteiger partial charge >= 0.3 is 11.9 Å². The van der Waals surface area contributed by atoms with Crippen LogP contribution in [-0.2, 0) is 28.7 Å². The fourth-order valence-electron chi connectivity index (χ4n) is 3.47. The van der Waals surface area contributed by atoms with Crippen LogP contribution < -0.4 is 18.9 Å². The van der Waals surface area contributed by atoms with Gasteiger partial charge in [0.15, 0.2) is 40.0 Å². The Balaban J connectivity index is 2.50. The molecule has 0 saturated carbocycles. The second kappa shape index (κ2) is 14.4. The third-order valence-corrected chi connectivity index (χ3v) is 5.66. The first-order valence-electron chi connectivity index (χ1n) is 11.8. The molecule has 0 heterocycles. The van der Waals surface area contributed by atoms with Gasteiger partial charge in [0.25, 0.3) is 0 Å². The van der Waals surface area contributed by atoms with Crippen LogP contribution in [0.1, 0.15) is 25.0 Å². The minimum Gasteiger partial charge on any atom is -0.493 e. The minimum atomic E-state index is -2.03. The number of benzene rings is 2. The van der Waals surface area contributed by atoms with Gasteiger partial charge in [0.2, 0.25) is 0 Å². The molecule has 0 atom stereocenters. The van der Waals surface area contributed by atoms with Crippen molar-refractivity contribution in [3.8, 4) is 23.0 Å². The van der Waals surface area contributed by atoms with Gasteiger partial charge in [-0.15, -0.1) is 0 Å². The van der Waals surface area contributed by atoms with Gasteiger partial charge in [0.1, 0.15) is 13.2 Å². The maximum atomic E-state index is 13.6. The lowest BCUT2D eigenvalue weighted by atomic mass is 9.79. The van der Waals surface area contributed by atoms with Crippen LogP contribution in [0.5, 0.6) is 23.0 Å². The third-order valence-electron chi connectivity index (χ3n) is 5.66. The summed E-state index contributed by atoms with van der Waals surface area (Å²) >= 11 is 0. The average Bonchev–Trinajstić information content (AvgIpc) is 2.94. The molecule has 0 unspecified atom stereocenters. The molecule has 0 spiro atoms. The van der Waals surface area contributed by atoms with Gasteiger partial charge in [-0.3, -0.25) is 19.2 Å². The standard InChI is InChI=1S/C29H32O10/c1-19(30)38-17-29(18-39-20(2)31,27(32)13-9-21-7-11-23(34-3)25(15-21)36-5)28(33)14-10-22-8-12-24(35-4)26(16-22)37-6/h7-16H,17-18H2,1-6H3/b13-9+,14-10+. The van der Waals surface area contributed by atoms with Crippen molar-refractivity contribution >= 4 is 35.7 Å². The number of hydrogen-bond acceptors (Lipinski definition) is 10. The number of esters is 2. The number of hydrogen-bond donors (Lipinski definition) is 0. The third kappa shape index (κ3) is 8.19. The molecule has 0 fully saturated rings. The zero-order valence-electron chi connectivity index (χ0n) is 22.8. The van der Waals surface area contributed by atoms with E-state index in [1.807, 2.05) is 0 Å². The molecule has 2 rings (SSSR count). The van der Waals surface area contributed by atoms with Gasteiger partial charge in [-0.05, 0) is 47.5 Å². The number of rotatable bonds is 14. The van der Waals surface area contributed by atoms with Crippen molar-refractivity contribution in [1.29, 1.82) is 0 Å². The van der Waals surface area contributed by atoms with Crippen molar-refractivity contribution in [3.05, 3.63) is 59.7 Å². The number of ether oxygens (including phenoxy) is 6. The van der Waals surface area contributed by atoms with Gasteiger partial charge in [-0.1, -0.05) is 24.3 Å². The van der Waals surface area contributed by atoms with Crippen LogP contribution in [0.15, 0.2) is 48.6 Å². The molecular formula is C29H32O10. The highest BCUT2D eigenvalue weighted by Crippen LogP contribution is 2.30. The van der Waals surface area contributed by atoms with Crippen LogP contribution in [0.2, 0.25) is 0 Å². The Morgan fingerprint density at radius 2 is 0.974 bits per heavy atom. The van der Waals surface area contributed by atoms with Crippen molar-refractivity contribution in [2.24, 2.45) is 5.41 Å². The molecular weight excluding hydrogens is 508 g/mol. The van der Waals surface area contributed by atoms with Gasteiger partial charge in [0, 0.05) is 13.8 Å². The average molecular weight is 541 g/mol. The molecule has 0 amide bonds. The minimum absolute atomic E-state index is 0.437. The van der Waals surface area contributed by atoms with E-state index < -0.39 is 42.1 Å². The summed E-state index contributed by atoms with van der Waals surface area (Å²) in [5.74, 6) is -1.03.